The average molecular weight is 248 g/mol. The molecule has 1 heterocycles. The molecule has 1 fully saturated rings. The van der Waals surface area contributed by atoms with Crippen LogP contribution >= 0.6 is 0 Å². The topological polar surface area (TPSA) is 41.6 Å². The van der Waals surface area contributed by atoms with Gasteiger partial charge in [0.05, 0.1) is 12.8 Å². The molecule has 0 aromatic heterocycles. The lowest BCUT2D eigenvalue weighted by atomic mass is 10.0. The van der Waals surface area contributed by atoms with E-state index in [1.807, 2.05) is 29.2 Å². The first-order chi connectivity index (χ1) is 8.70. The maximum absolute atomic E-state index is 12.1. The Balaban J connectivity index is 2.02. The number of urea groups is 1. The highest BCUT2D eigenvalue weighted by atomic mass is 16.5. The fourth-order valence-electron chi connectivity index (χ4n) is 2.32. The van der Waals surface area contributed by atoms with E-state index in [1.54, 1.807) is 7.11 Å². The highest BCUT2D eigenvalue weighted by Crippen LogP contribution is 2.24. The van der Waals surface area contributed by atoms with Crippen LogP contribution in [0.5, 0.6) is 5.75 Å². The van der Waals surface area contributed by atoms with Gasteiger partial charge in [-0.1, -0.05) is 19.1 Å². The number of likely N-dealkylation sites (tertiary alicyclic amines) is 1. The van der Waals surface area contributed by atoms with Crippen LogP contribution in [0, 0.1) is 5.92 Å². The Bertz CT molecular complexity index is 420. The van der Waals surface area contributed by atoms with Crippen molar-refractivity contribution in [1.29, 1.82) is 0 Å². The molecule has 98 valence electrons. The zero-order valence-corrected chi connectivity index (χ0v) is 11.0. The zero-order valence-electron chi connectivity index (χ0n) is 11.0. The van der Waals surface area contributed by atoms with Crippen LogP contribution in [0.1, 0.15) is 19.8 Å². The summed E-state index contributed by atoms with van der Waals surface area (Å²) >= 11 is 0. The van der Waals surface area contributed by atoms with Crippen LogP contribution in [-0.4, -0.2) is 31.1 Å². The van der Waals surface area contributed by atoms with Crippen LogP contribution in [-0.2, 0) is 0 Å². The predicted octanol–water partition coefficient (Wildman–Crippen LogP) is 2.96. The molecule has 0 aliphatic carbocycles. The number of benzene rings is 1. The molecule has 2 rings (SSSR count). The van der Waals surface area contributed by atoms with E-state index < -0.39 is 0 Å². The smallest absolute Gasteiger partial charge is 0.321 e. The number of hydrogen-bond acceptors (Lipinski definition) is 2. The number of rotatable bonds is 2. The lowest BCUT2D eigenvalue weighted by molar-refractivity contribution is 0.182. The van der Waals surface area contributed by atoms with Crippen LogP contribution in [0.3, 0.4) is 0 Å². The highest BCUT2D eigenvalue weighted by Gasteiger charge is 2.21. The molecule has 18 heavy (non-hydrogen) atoms. The lowest BCUT2D eigenvalue weighted by Gasteiger charge is -2.31. The summed E-state index contributed by atoms with van der Waals surface area (Å²) in [6.45, 7) is 3.86. The van der Waals surface area contributed by atoms with Crippen molar-refractivity contribution in [3.05, 3.63) is 24.3 Å². The summed E-state index contributed by atoms with van der Waals surface area (Å²) in [4.78, 5) is 14.0. The molecular weight excluding hydrogens is 228 g/mol. The van der Waals surface area contributed by atoms with Gasteiger partial charge in [-0.3, -0.25) is 0 Å². The molecule has 2 amide bonds. The number of carbonyl (C=O) groups excluding carboxylic acids is 1. The van der Waals surface area contributed by atoms with Gasteiger partial charge in [-0.2, -0.15) is 0 Å². The van der Waals surface area contributed by atoms with E-state index in [0.717, 1.165) is 25.2 Å². The van der Waals surface area contributed by atoms with Crippen molar-refractivity contribution in [3.63, 3.8) is 0 Å². The zero-order chi connectivity index (χ0) is 13.0. The van der Waals surface area contributed by atoms with E-state index in [9.17, 15) is 4.79 Å². The molecule has 1 aromatic carbocycles. The Hall–Kier alpha value is -1.71. The molecule has 1 saturated heterocycles. The molecule has 1 aliphatic rings. The van der Waals surface area contributed by atoms with E-state index in [0.29, 0.717) is 11.7 Å². The minimum Gasteiger partial charge on any atom is -0.495 e. The molecule has 1 N–H and O–H groups in total. The summed E-state index contributed by atoms with van der Waals surface area (Å²) in [7, 11) is 1.61. The van der Waals surface area contributed by atoms with Crippen molar-refractivity contribution >= 4 is 11.7 Å². The van der Waals surface area contributed by atoms with E-state index in [-0.39, 0.29) is 6.03 Å². The van der Waals surface area contributed by atoms with Gasteiger partial charge in [0.1, 0.15) is 5.75 Å². The summed E-state index contributed by atoms with van der Waals surface area (Å²) in [5.74, 6) is 1.28. The monoisotopic (exact) mass is 248 g/mol. The number of para-hydroxylation sites is 2. The fraction of sp³-hybridized carbons (Fsp3) is 0.500. The molecule has 1 aromatic rings. The van der Waals surface area contributed by atoms with Crippen molar-refractivity contribution in [2.45, 2.75) is 19.8 Å². The number of nitrogens with one attached hydrogen (secondary N) is 1. The number of amides is 2. The number of methoxy groups -OCH3 is 1. The third-order valence-electron chi connectivity index (χ3n) is 3.29. The minimum absolute atomic E-state index is 0.0361. The number of nitrogens with zero attached hydrogens (tertiary/aromatic N) is 1. The first-order valence-electron chi connectivity index (χ1n) is 6.39. The Labute approximate surface area is 108 Å². The fourth-order valence-corrected chi connectivity index (χ4v) is 2.32. The summed E-state index contributed by atoms with van der Waals surface area (Å²) in [6.07, 6.45) is 2.29. The van der Waals surface area contributed by atoms with Gasteiger partial charge in [-0.05, 0) is 30.9 Å². The molecular formula is C14H20N2O2. The van der Waals surface area contributed by atoms with Crippen molar-refractivity contribution in [1.82, 2.24) is 4.90 Å². The van der Waals surface area contributed by atoms with Crippen LogP contribution in [0.15, 0.2) is 24.3 Å². The molecule has 4 heteroatoms. The van der Waals surface area contributed by atoms with Crippen LogP contribution in [0.25, 0.3) is 0 Å². The maximum atomic E-state index is 12.1. The minimum atomic E-state index is -0.0361. The van der Waals surface area contributed by atoms with Gasteiger partial charge in [0, 0.05) is 13.1 Å². The third-order valence-corrected chi connectivity index (χ3v) is 3.29. The third kappa shape index (κ3) is 2.94. The SMILES string of the molecule is COc1ccccc1NC(=O)N1CCC[C@H](C)C1. The Morgan fingerprint density at radius 3 is 2.94 bits per heavy atom. The van der Waals surface area contributed by atoms with Crippen LogP contribution in [0.2, 0.25) is 0 Å². The Morgan fingerprint density at radius 1 is 1.44 bits per heavy atom. The molecule has 0 radical (unpaired) electrons. The standard InChI is InChI=1S/C14H20N2O2/c1-11-6-5-9-16(10-11)14(17)15-12-7-3-4-8-13(12)18-2/h3-4,7-8,11H,5-6,9-10H2,1-2H3,(H,15,17)/t11-/m0/s1. The summed E-state index contributed by atoms with van der Waals surface area (Å²) in [5, 5.41) is 2.91. The van der Waals surface area contributed by atoms with Gasteiger partial charge in [-0.15, -0.1) is 0 Å². The van der Waals surface area contributed by atoms with Crippen LogP contribution < -0.4 is 10.1 Å². The number of carbonyl (C=O) groups is 1. The van der Waals surface area contributed by atoms with E-state index >= 15 is 0 Å². The lowest BCUT2D eigenvalue weighted by Crippen LogP contribution is -2.41. The predicted molar refractivity (Wildman–Crippen MR) is 72.0 cm³/mol. The van der Waals surface area contributed by atoms with Gasteiger partial charge in [0.2, 0.25) is 0 Å². The first kappa shape index (κ1) is 12.7. The molecule has 0 bridgehead atoms. The molecule has 1 atom stereocenters. The first-order valence-corrected chi connectivity index (χ1v) is 6.39. The molecule has 0 saturated carbocycles. The van der Waals surface area contributed by atoms with E-state index in [4.69, 9.17) is 4.74 Å². The van der Waals surface area contributed by atoms with Crippen molar-refractivity contribution in [2.24, 2.45) is 5.92 Å². The molecule has 1 aliphatic heterocycles. The summed E-state index contributed by atoms with van der Waals surface area (Å²) in [5.41, 5.74) is 0.725. The van der Waals surface area contributed by atoms with Crippen molar-refractivity contribution in [3.8, 4) is 5.75 Å². The number of ether oxygens (including phenoxy) is 1. The summed E-state index contributed by atoms with van der Waals surface area (Å²) in [6, 6.07) is 7.43. The largest absolute Gasteiger partial charge is 0.495 e. The number of hydrogen-bond donors (Lipinski definition) is 1. The normalized spacial score (nSPS) is 19.4. The van der Waals surface area contributed by atoms with Crippen molar-refractivity contribution < 1.29 is 9.53 Å². The van der Waals surface area contributed by atoms with Gasteiger partial charge in [-0.25, -0.2) is 4.79 Å². The quantitative estimate of drug-likeness (QED) is 0.874. The maximum Gasteiger partial charge on any atom is 0.321 e. The van der Waals surface area contributed by atoms with Gasteiger partial charge >= 0.3 is 6.03 Å². The average Bonchev–Trinajstić information content (AvgIpc) is 2.39. The molecule has 0 spiro atoms. The second kappa shape index (κ2) is 5.76. The molecule has 4 nitrogen and oxygen atoms in total. The van der Waals surface area contributed by atoms with E-state index in [2.05, 4.69) is 12.2 Å². The Kier molecular flexibility index (Phi) is 4.07. The Morgan fingerprint density at radius 2 is 2.22 bits per heavy atom. The van der Waals surface area contributed by atoms with Gasteiger partial charge < -0.3 is 15.0 Å². The van der Waals surface area contributed by atoms with E-state index in [1.165, 1.54) is 6.42 Å². The van der Waals surface area contributed by atoms with Gasteiger partial charge in [0.15, 0.2) is 0 Å². The van der Waals surface area contributed by atoms with Gasteiger partial charge in [0.25, 0.3) is 0 Å². The summed E-state index contributed by atoms with van der Waals surface area (Å²) < 4.78 is 5.22. The number of piperidine rings is 1. The molecule has 0 unspecified atom stereocenters. The number of anilines is 1. The van der Waals surface area contributed by atoms with Crippen molar-refractivity contribution in [2.75, 3.05) is 25.5 Å². The van der Waals surface area contributed by atoms with Crippen LogP contribution in [0.4, 0.5) is 10.5 Å². The second-order valence-corrected chi connectivity index (χ2v) is 4.82. The second-order valence-electron chi connectivity index (χ2n) is 4.82. The highest BCUT2D eigenvalue weighted by molar-refractivity contribution is 5.91.